The largest absolute Gasteiger partial charge is 0.343 e. The summed E-state index contributed by atoms with van der Waals surface area (Å²) in [5.41, 5.74) is 16.4. The highest BCUT2D eigenvalue weighted by molar-refractivity contribution is 5.94. The number of carbonyl (C=O) groups is 4. The molecule has 12 heteroatoms. The molecule has 0 spiro atoms. The topological polar surface area (TPSA) is 199 Å². The maximum absolute atomic E-state index is 13.9. The molecule has 0 radical (unpaired) electrons. The van der Waals surface area contributed by atoms with Gasteiger partial charge in [-0.25, -0.2) is 0 Å². The van der Waals surface area contributed by atoms with Gasteiger partial charge < -0.3 is 37.5 Å². The smallest absolute Gasteiger partial charge is 0.246 e. The number of hydrogen-bond donors (Lipinski definition) is 5. The highest BCUT2D eigenvalue weighted by Gasteiger charge is 2.48. The van der Waals surface area contributed by atoms with E-state index in [9.17, 15) is 19.2 Å². The van der Waals surface area contributed by atoms with E-state index in [-0.39, 0.29) is 11.8 Å². The quantitative estimate of drug-likeness (QED) is 0.133. The van der Waals surface area contributed by atoms with Gasteiger partial charge in [0.15, 0.2) is 6.29 Å². The zero-order chi connectivity index (χ0) is 28.8. The van der Waals surface area contributed by atoms with Crippen LogP contribution in [-0.4, -0.2) is 76.6 Å². The molecule has 218 valence electrons. The van der Waals surface area contributed by atoms with Gasteiger partial charge >= 0.3 is 0 Å². The number of amides is 3. The Bertz CT molecular complexity index is 932. The highest BCUT2D eigenvalue weighted by Crippen LogP contribution is 2.36. The number of nitrogens with one attached hydrogen (secondary N) is 2. The molecule has 39 heavy (non-hydrogen) atoms. The SMILES string of the molecule is CC(C)C[C@H](NC(=O)[C@@H](N)CCCCN)C(=O)N[C@@H](CCCCN)C(=O)N1CCC[C@]1(C=O)c1cnccn1. The first-order chi connectivity index (χ1) is 18.7. The lowest BCUT2D eigenvalue weighted by atomic mass is 9.93. The van der Waals surface area contributed by atoms with Gasteiger partial charge in [0.25, 0.3) is 0 Å². The third-order valence-corrected chi connectivity index (χ3v) is 7.10. The molecule has 1 aromatic heterocycles. The standard InChI is InChI=1S/C27H46N8O4/c1-19(2)16-22(34-24(37)20(30)8-3-5-11-28)25(38)33-21(9-4-6-12-29)26(39)35-15-7-10-27(35,18-36)23-17-31-13-14-32-23/h13-14,17-22H,3-12,15-16,28-30H2,1-2H3,(H,33,38)(H,34,37)/t20-,21-,22-,27-/m0/s1. The van der Waals surface area contributed by atoms with E-state index >= 15 is 0 Å². The van der Waals surface area contributed by atoms with Gasteiger partial charge in [-0.1, -0.05) is 20.3 Å². The molecular weight excluding hydrogens is 500 g/mol. The Kier molecular flexibility index (Phi) is 13.4. The molecule has 0 bridgehead atoms. The molecule has 1 aliphatic rings. The Hall–Kier alpha value is -2.96. The molecule has 8 N–H and O–H groups in total. The molecule has 0 unspecified atom stereocenters. The molecule has 1 aromatic rings. The van der Waals surface area contributed by atoms with Crippen LogP contribution in [0.2, 0.25) is 0 Å². The molecular formula is C27H46N8O4. The fraction of sp³-hybridized carbons (Fsp3) is 0.704. The monoisotopic (exact) mass is 546 g/mol. The molecule has 2 rings (SSSR count). The zero-order valence-corrected chi connectivity index (χ0v) is 23.3. The van der Waals surface area contributed by atoms with E-state index in [1.165, 1.54) is 23.5 Å². The van der Waals surface area contributed by atoms with Crippen LogP contribution in [0, 0.1) is 5.92 Å². The van der Waals surface area contributed by atoms with Gasteiger partial charge in [0.1, 0.15) is 17.6 Å². The summed E-state index contributed by atoms with van der Waals surface area (Å²) in [6.45, 7) is 5.21. The van der Waals surface area contributed by atoms with E-state index in [0.29, 0.717) is 76.7 Å². The summed E-state index contributed by atoms with van der Waals surface area (Å²) >= 11 is 0. The normalized spacial score (nSPS) is 19.4. The molecule has 4 atom stereocenters. The lowest BCUT2D eigenvalue weighted by Crippen LogP contribution is -2.58. The fourth-order valence-corrected chi connectivity index (χ4v) is 4.95. The number of hydrogen-bond acceptors (Lipinski definition) is 9. The summed E-state index contributed by atoms with van der Waals surface area (Å²) < 4.78 is 0. The third-order valence-electron chi connectivity index (χ3n) is 7.10. The van der Waals surface area contributed by atoms with Gasteiger partial charge in [-0.15, -0.1) is 0 Å². The van der Waals surface area contributed by atoms with E-state index in [2.05, 4.69) is 20.6 Å². The fourth-order valence-electron chi connectivity index (χ4n) is 4.95. The van der Waals surface area contributed by atoms with Crippen molar-refractivity contribution in [1.29, 1.82) is 0 Å². The Morgan fingerprint density at radius 1 is 1.03 bits per heavy atom. The van der Waals surface area contributed by atoms with Gasteiger partial charge in [0, 0.05) is 18.9 Å². The number of nitrogens with two attached hydrogens (primary N) is 3. The van der Waals surface area contributed by atoms with Crippen LogP contribution in [0.4, 0.5) is 0 Å². The van der Waals surface area contributed by atoms with Crippen LogP contribution in [0.1, 0.15) is 77.3 Å². The number of likely N-dealkylation sites (tertiary alicyclic amines) is 1. The molecule has 0 saturated carbocycles. The predicted octanol–water partition coefficient (Wildman–Crippen LogP) is 0.0942. The lowest BCUT2D eigenvalue weighted by molar-refractivity contribution is -0.144. The first kappa shape index (κ1) is 32.3. The maximum Gasteiger partial charge on any atom is 0.246 e. The lowest BCUT2D eigenvalue weighted by Gasteiger charge is -2.36. The Balaban J connectivity index is 2.24. The first-order valence-corrected chi connectivity index (χ1v) is 14.0. The van der Waals surface area contributed by atoms with Crippen LogP contribution >= 0.6 is 0 Å². The number of unbranched alkanes of at least 4 members (excludes halogenated alkanes) is 2. The van der Waals surface area contributed by atoms with Gasteiger partial charge in [0.2, 0.25) is 17.7 Å². The number of aromatic nitrogens is 2. The minimum Gasteiger partial charge on any atom is -0.343 e. The minimum absolute atomic E-state index is 0.0962. The van der Waals surface area contributed by atoms with Gasteiger partial charge in [-0.2, -0.15) is 0 Å². The molecule has 1 aliphatic heterocycles. The second-order valence-electron chi connectivity index (χ2n) is 10.7. The summed E-state index contributed by atoms with van der Waals surface area (Å²) in [6, 6.07) is -2.52. The molecule has 0 aliphatic carbocycles. The van der Waals surface area contributed by atoms with Crippen molar-refractivity contribution in [2.45, 2.75) is 95.3 Å². The molecule has 3 amide bonds. The average Bonchev–Trinajstić information content (AvgIpc) is 3.37. The van der Waals surface area contributed by atoms with Crippen LogP contribution in [0.15, 0.2) is 18.6 Å². The summed E-state index contributed by atoms with van der Waals surface area (Å²) in [5.74, 6) is -1.16. The van der Waals surface area contributed by atoms with Crippen LogP contribution in [0.3, 0.4) is 0 Å². The number of nitrogens with zero attached hydrogens (tertiary/aromatic N) is 3. The van der Waals surface area contributed by atoms with E-state index in [4.69, 9.17) is 17.2 Å². The van der Waals surface area contributed by atoms with Crippen molar-refractivity contribution >= 4 is 24.0 Å². The summed E-state index contributed by atoms with van der Waals surface area (Å²) in [4.78, 5) is 62.5. The molecule has 2 heterocycles. The molecule has 1 saturated heterocycles. The van der Waals surface area contributed by atoms with E-state index < -0.39 is 35.5 Å². The van der Waals surface area contributed by atoms with Crippen molar-refractivity contribution in [2.24, 2.45) is 23.1 Å². The van der Waals surface area contributed by atoms with Crippen molar-refractivity contribution in [1.82, 2.24) is 25.5 Å². The number of rotatable bonds is 17. The maximum atomic E-state index is 13.9. The van der Waals surface area contributed by atoms with Crippen molar-refractivity contribution in [2.75, 3.05) is 19.6 Å². The van der Waals surface area contributed by atoms with Crippen LogP contribution in [-0.2, 0) is 24.7 Å². The Morgan fingerprint density at radius 2 is 1.69 bits per heavy atom. The van der Waals surface area contributed by atoms with Crippen LogP contribution in [0.5, 0.6) is 0 Å². The highest BCUT2D eigenvalue weighted by atomic mass is 16.2. The van der Waals surface area contributed by atoms with Gasteiger partial charge in [0.05, 0.1) is 17.9 Å². The van der Waals surface area contributed by atoms with Gasteiger partial charge in [-0.3, -0.25) is 24.4 Å². The first-order valence-electron chi connectivity index (χ1n) is 14.0. The number of carbonyl (C=O) groups excluding carboxylic acids is 4. The van der Waals surface area contributed by atoms with Crippen LogP contribution in [0.25, 0.3) is 0 Å². The summed E-state index contributed by atoms with van der Waals surface area (Å²) in [7, 11) is 0. The Labute approximate surface area is 231 Å². The van der Waals surface area contributed by atoms with Crippen molar-refractivity contribution in [3.63, 3.8) is 0 Å². The minimum atomic E-state index is -1.25. The van der Waals surface area contributed by atoms with Gasteiger partial charge in [-0.05, 0) is 70.4 Å². The summed E-state index contributed by atoms with van der Waals surface area (Å²) in [6.07, 6.45) is 10.2. The van der Waals surface area contributed by atoms with E-state index in [1.54, 1.807) is 0 Å². The zero-order valence-electron chi connectivity index (χ0n) is 23.3. The molecule has 1 fully saturated rings. The number of aldehydes is 1. The average molecular weight is 547 g/mol. The Morgan fingerprint density at radius 3 is 2.28 bits per heavy atom. The van der Waals surface area contributed by atoms with E-state index in [1.807, 2.05) is 13.8 Å². The second kappa shape index (κ2) is 16.2. The molecule has 12 nitrogen and oxygen atoms in total. The van der Waals surface area contributed by atoms with Crippen molar-refractivity contribution in [3.05, 3.63) is 24.3 Å². The van der Waals surface area contributed by atoms with Crippen LogP contribution < -0.4 is 27.8 Å². The third kappa shape index (κ3) is 9.04. The van der Waals surface area contributed by atoms with Crippen molar-refractivity contribution < 1.29 is 19.2 Å². The predicted molar refractivity (Wildman–Crippen MR) is 148 cm³/mol. The molecule has 0 aromatic carbocycles. The van der Waals surface area contributed by atoms with E-state index in [0.717, 1.165) is 12.7 Å². The second-order valence-corrected chi connectivity index (χ2v) is 10.7. The summed E-state index contributed by atoms with van der Waals surface area (Å²) in [5, 5.41) is 5.66. The van der Waals surface area contributed by atoms with Crippen molar-refractivity contribution in [3.8, 4) is 0 Å².